The maximum absolute atomic E-state index is 5.70. The largest absolute Gasteiger partial charge is 0.486 e. The highest BCUT2D eigenvalue weighted by molar-refractivity contribution is 5.47. The zero-order valence-electron chi connectivity index (χ0n) is 10.5. The lowest BCUT2D eigenvalue weighted by atomic mass is 10.1. The zero-order valence-corrected chi connectivity index (χ0v) is 10.5. The maximum Gasteiger partial charge on any atom is 0.161 e. The number of nitrogens with one attached hydrogen (secondary N) is 1. The van der Waals surface area contributed by atoms with Crippen LogP contribution in [-0.2, 0) is 6.54 Å². The van der Waals surface area contributed by atoms with E-state index in [2.05, 4.69) is 18.3 Å². The second-order valence-electron chi connectivity index (χ2n) is 4.53. The molecule has 0 aromatic heterocycles. The molecule has 0 saturated carbocycles. The molecule has 0 amide bonds. The van der Waals surface area contributed by atoms with Crippen LogP contribution in [0.15, 0.2) is 12.1 Å². The molecule has 0 radical (unpaired) electrons. The normalized spacial score (nSPS) is 15.7. The number of aryl methyl sites for hydroxylation is 1. The molecular weight excluding hydrogens is 216 g/mol. The van der Waals surface area contributed by atoms with Gasteiger partial charge in [-0.3, -0.25) is 0 Å². The van der Waals surface area contributed by atoms with Gasteiger partial charge in [0, 0.05) is 19.1 Å². The Morgan fingerprint density at radius 1 is 1.29 bits per heavy atom. The van der Waals surface area contributed by atoms with Crippen LogP contribution in [0.3, 0.4) is 0 Å². The van der Waals surface area contributed by atoms with Crippen LogP contribution in [0, 0.1) is 6.92 Å². The van der Waals surface area contributed by atoms with Crippen molar-refractivity contribution in [3.05, 3.63) is 23.3 Å². The lowest BCUT2D eigenvalue weighted by Crippen LogP contribution is -2.30. The molecule has 4 nitrogen and oxygen atoms in total. The van der Waals surface area contributed by atoms with E-state index in [9.17, 15) is 0 Å². The Morgan fingerprint density at radius 3 is 2.59 bits per heavy atom. The van der Waals surface area contributed by atoms with Crippen LogP contribution in [0.1, 0.15) is 18.1 Å². The summed E-state index contributed by atoms with van der Waals surface area (Å²) in [5, 5.41) is 3.33. The minimum absolute atomic E-state index is 0.174. The molecule has 3 N–H and O–H groups in total. The number of rotatable bonds is 4. The molecule has 0 saturated heterocycles. The van der Waals surface area contributed by atoms with E-state index in [1.54, 1.807) is 0 Å². The maximum atomic E-state index is 5.70. The molecule has 4 heteroatoms. The highest BCUT2D eigenvalue weighted by Crippen LogP contribution is 2.32. The van der Waals surface area contributed by atoms with E-state index in [0.29, 0.717) is 13.2 Å². The Hall–Kier alpha value is -1.26. The lowest BCUT2D eigenvalue weighted by Gasteiger charge is -2.20. The molecule has 1 unspecified atom stereocenters. The van der Waals surface area contributed by atoms with Crippen molar-refractivity contribution in [3.8, 4) is 11.5 Å². The van der Waals surface area contributed by atoms with Crippen LogP contribution in [0.4, 0.5) is 0 Å². The summed E-state index contributed by atoms with van der Waals surface area (Å²) in [7, 11) is 0. The second kappa shape index (κ2) is 5.38. The third kappa shape index (κ3) is 3.11. The first-order valence-electron chi connectivity index (χ1n) is 6.02. The Kier molecular flexibility index (Phi) is 3.86. The number of hydrogen-bond donors (Lipinski definition) is 2. The SMILES string of the molecule is Cc1cc2c(cc1CNCC(C)N)OCCO2. The van der Waals surface area contributed by atoms with Gasteiger partial charge >= 0.3 is 0 Å². The molecule has 1 aromatic carbocycles. The van der Waals surface area contributed by atoms with E-state index < -0.39 is 0 Å². The standard InChI is InChI=1S/C13H20N2O2/c1-9-5-12-13(17-4-3-16-12)6-11(9)8-15-7-10(2)14/h5-6,10,15H,3-4,7-8,14H2,1-2H3. The molecule has 0 fully saturated rings. The Balaban J connectivity index is 2.06. The van der Waals surface area contributed by atoms with E-state index in [-0.39, 0.29) is 6.04 Å². The van der Waals surface area contributed by atoms with Gasteiger partial charge in [-0.2, -0.15) is 0 Å². The van der Waals surface area contributed by atoms with Gasteiger partial charge in [0.1, 0.15) is 13.2 Å². The molecule has 0 aliphatic carbocycles. The highest BCUT2D eigenvalue weighted by Gasteiger charge is 2.13. The molecule has 1 aliphatic heterocycles. The third-order valence-electron chi connectivity index (χ3n) is 2.78. The van der Waals surface area contributed by atoms with Crippen molar-refractivity contribution in [1.29, 1.82) is 0 Å². The van der Waals surface area contributed by atoms with Crippen LogP contribution in [0.2, 0.25) is 0 Å². The van der Waals surface area contributed by atoms with Gasteiger partial charge in [0.15, 0.2) is 11.5 Å². The van der Waals surface area contributed by atoms with Gasteiger partial charge < -0.3 is 20.5 Å². The number of hydrogen-bond acceptors (Lipinski definition) is 4. The van der Waals surface area contributed by atoms with Crippen molar-refractivity contribution in [2.45, 2.75) is 26.4 Å². The van der Waals surface area contributed by atoms with Crippen molar-refractivity contribution < 1.29 is 9.47 Å². The fourth-order valence-corrected chi connectivity index (χ4v) is 1.86. The van der Waals surface area contributed by atoms with E-state index in [4.69, 9.17) is 15.2 Å². The number of ether oxygens (including phenoxy) is 2. The van der Waals surface area contributed by atoms with Gasteiger partial charge in [-0.05, 0) is 37.1 Å². The van der Waals surface area contributed by atoms with Gasteiger partial charge in [-0.15, -0.1) is 0 Å². The number of benzene rings is 1. The summed E-state index contributed by atoms with van der Waals surface area (Å²) in [5.74, 6) is 1.70. The molecule has 17 heavy (non-hydrogen) atoms. The molecule has 0 bridgehead atoms. The smallest absolute Gasteiger partial charge is 0.161 e. The van der Waals surface area contributed by atoms with Crippen LogP contribution in [-0.4, -0.2) is 25.8 Å². The van der Waals surface area contributed by atoms with Crippen molar-refractivity contribution in [2.24, 2.45) is 5.73 Å². The van der Waals surface area contributed by atoms with E-state index in [0.717, 1.165) is 24.6 Å². The first kappa shape index (κ1) is 12.2. The third-order valence-corrected chi connectivity index (χ3v) is 2.78. The van der Waals surface area contributed by atoms with Gasteiger partial charge in [0.05, 0.1) is 0 Å². The van der Waals surface area contributed by atoms with Crippen molar-refractivity contribution in [2.75, 3.05) is 19.8 Å². The first-order chi connectivity index (χ1) is 8.16. The van der Waals surface area contributed by atoms with Gasteiger partial charge in [0.2, 0.25) is 0 Å². The minimum atomic E-state index is 0.174. The summed E-state index contributed by atoms with van der Waals surface area (Å²) in [6.07, 6.45) is 0. The summed E-state index contributed by atoms with van der Waals surface area (Å²) >= 11 is 0. The predicted octanol–water partition coefficient (Wildman–Crippen LogP) is 1.20. The Labute approximate surface area is 102 Å². The second-order valence-corrected chi connectivity index (χ2v) is 4.53. The van der Waals surface area contributed by atoms with Gasteiger partial charge in [-0.25, -0.2) is 0 Å². The lowest BCUT2D eigenvalue weighted by molar-refractivity contribution is 0.171. The van der Waals surface area contributed by atoms with E-state index >= 15 is 0 Å². The van der Waals surface area contributed by atoms with E-state index in [1.165, 1.54) is 11.1 Å². The topological polar surface area (TPSA) is 56.5 Å². The molecular formula is C13H20N2O2. The zero-order chi connectivity index (χ0) is 12.3. The van der Waals surface area contributed by atoms with Crippen molar-refractivity contribution in [3.63, 3.8) is 0 Å². The summed E-state index contributed by atoms with van der Waals surface area (Å²) < 4.78 is 11.1. The average molecular weight is 236 g/mol. The van der Waals surface area contributed by atoms with Gasteiger partial charge in [0.25, 0.3) is 0 Å². The van der Waals surface area contributed by atoms with Gasteiger partial charge in [-0.1, -0.05) is 0 Å². The van der Waals surface area contributed by atoms with Crippen LogP contribution in [0.25, 0.3) is 0 Å². The predicted molar refractivity (Wildman–Crippen MR) is 67.5 cm³/mol. The molecule has 1 atom stereocenters. The molecule has 2 rings (SSSR count). The van der Waals surface area contributed by atoms with Crippen molar-refractivity contribution >= 4 is 0 Å². The van der Waals surface area contributed by atoms with E-state index in [1.807, 2.05) is 13.0 Å². The molecule has 1 aliphatic rings. The summed E-state index contributed by atoms with van der Waals surface area (Å²) in [6, 6.07) is 4.27. The fourth-order valence-electron chi connectivity index (χ4n) is 1.86. The average Bonchev–Trinajstić information content (AvgIpc) is 2.29. The molecule has 1 aromatic rings. The Bertz CT molecular complexity index is 391. The van der Waals surface area contributed by atoms with Crippen molar-refractivity contribution in [1.82, 2.24) is 5.32 Å². The molecule has 94 valence electrons. The van der Waals surface area contributed by atoms with Crippen LogP contribution >= 0.6 is 0 Å². The van der Waals surface area contributed by atoms with Crippen LogP contribution in [0.5, 0.6) is 11.5 Å². The monoisotopic (exact) mass is 236 g/mol. The highest BCUT2D eigenvalue weighted by atomic mass is 16.6. The quantitative estimate of drug-likeness (QED) is 0.825. The molecule has 0 spiro atoms. The first-order valence-corrected chi connectivity index (χ1v) is 6.02. The fraction of sp³-hybridized carbons (Fsp3) is 0.538. The minimum Gasteiger partial charge on any atom is -0.486 e. The Morgan fingerprint density at radius 2 is 1.94 bits per heavy atom. The number of fused-ring (bicyclic) bond motifs is 1. The number of nitrogens with two attached hydrogens (primary N) is 1. The summed E-state index contributed by atoms with van der Waals surface area (Å²) in [4.78, 5) is 0. The summed E-state index contributed by atoms with van der Waals surface area (Å²) in [5.41, 5.74) is 8.14. The summed E-state index contributed by atoms with van der Waals surface area (Å²) in [6.45, 7) is 6.96. The van der Waals surface area contributed by atoms with Crippen LogP contribution < -0.4 is 20.5 Å². The molecule has 1 heterocycles.